The van der Waals surface area contributed by atoms with Crippen LogP contribution in [0.4, 0.5) is 5.82 Å². The summed E-state index contributed by atoms with van der Waals surface area (Å²) in [5.74, 6) is 2.67. The number of nitrogens with zero attached hydrogens (tertiary/aromatic N) is 4. The molecule has 3 fully saturated rings. The molecule has 0 unspecified atom stereocenters. The number of carbonyl (C=O) groups is 1. The fourth-order valence-electron chi connectivity index (χ4n) is 4.14. The maximum absolute atomic E-state index is 12.9. The van der Waals surface area contributed by atoms with E-state index in [9.17, 15) is 4.79 Å². The van der Waals surface area contributed by atoms with Gasteiger partial charge in [-0.15, -0.1) is 0 Å². The number of carbonyl (C=O) groups excluding carboxylic acids is 1. The van der Waals surface area contributed by atoms with E-state index >= 15 is 0 Å². The summed E-state index contributed by atoms with van der Waals surface area (Å²) in [6.45, 7) is 5.02. The van der Waals surface area contributed by atoms with Crippen molar-refractivity contribution in [2.75, 3.05) is 31.1 Å². The van der Waals surface area contributed by atoms with Gasteiger partial charge < -0.3 is 9.80 Å². The lowest BCUT2D eigenvalue weighted by Crippen LogP contribution is -2.49. The van der Waals surface area contributed by atoms with E-state index in [1.807, 2.05) is 24.0 Å². The molecule has 6 heteroatoms. The van der Waals surface area contributed by atoms with E-state index in [4.69, 9.17) is 4.98 Å². The summed E-state index contributed by atoms with van der Waals surface area (Å²) in [7, 11) is 0. The molecule has 0 bridgehead atoms. The highest BCUT2D eigenvalue weighted by Gasteiger charge is 2.33. The highest BCUT2D eigenvalue weighted by Crippen LogP contribution is 2.47. The minimum Gasteiger partial charge on any atom is -0.353 e. The molecule has 0 atom stereocenters. The van der Waals surface area contributed by atoms with Crippen LogP contribution in [0.2, 0.25) is 0 Å². The van der Waals surface area contributed by atoms with E-state index in [1.54, 1.807) is 0 Å². The van der Waals surface area contributed by atoms with Crippen molar-refractivity contribution in [3.05, 3.63) is 51.4 Å². The molecule has 5 nitrogen and oxygen atoms in total. The first kappa shape index (κ1) is 18.1. The quantitative estimate of drug-likeness (QED) is 0.666. The van der Waals surface area contributed by atoms with Crippen LogP contribution in [-0.4, -0.2) is 47.0 Å². The summed E-state index contributed by atoms with van der Waals surface area (Å²) in [6, 6.07) is 6.13. The van der Waals surface area contributed by atoms with Crippen LogP contribution in [-0.2, 0) is 0 Å². The third-order valence-corrected chi connectivity index (χ3v) is 6.57. The van der Waals surface area contributed by atoms with Gasteiger partial charge in [-0.2, -0.15) is 0 Å². The van der Waals surface area contributed by atoms with E-state index in [0.29, 0.717) is 11.5 Å². The average molecular weight is 441 g/mol. The molecule has 3 heterocycles. The van der Waals surface area contributed by atoms with Crippen LogP contribution in [0.1, 0.15) is 64.7 Å². The van der Waals surface area contributed by atoms with Gasteiger partial charge in [0.2, 0.25) is 0 Å². The summed E-state index contributed by atoms with van der Waals surface area (Å²) >= 11 is 3.37. The van der Waals surface area contributed by atoms with Crippen molar-refractivity contribution in [2.24, 2.45) is 0 Å². The first-order chi connectivity index (χ1) is 13.6. The summed E-state index contributed by atoms with van der Waals surface area (Å²) < 4.78 is 0.764. The molecule has 2 aromatic rings. The van der Waals surface area contributed by atoms with Gasteiger partial charge in [-0.05, 0) is 83.6 Å². The Morgan fingerprint density at radius 2 is 1.79 bits per heavy atom. The zero-order valence-electron chi connectivity index (χ0n) is 16.2. The lowest BCUT2D eigenvalue weighted by atomic mass is 10.1. The first-order valence-electron chi connectivity index (χ1n) is 10.3. The molecule has 3 aliphatic rings. The third kappa shape index (κ3) is 3.54. The molecule has 5 rings (SSSR count). The highest BCUT2D eigenvalue weighted by atomic mass is 79.9. The lowest BCUT2D eigenvalue weighted by molar-refractivity contribution is 0.0745. The normalized spacial score (nSPS) is 19.8. The van der Waals surface area contributed by atoms with Crippen LogP contribution in [0.15, 0.2) is 29.0 Å². The summed E-state index contributed by atoms with van der Waals surface area (Å²) in [5, 5.41) is 0. The zero-order valence-corrected chi connectivity index (χ0v) is 17.8. The number of piperazine rings is 1. The number of pyridine rings is 2. The van der Waals surface area contributed by atoms with E-state index in [0.717, 1.165) is 48.2 Å². The van der Waals surface area contributed by atoms with Crippen molar-refractivity contribution in [3.63, 3.8) is 0 Å². The maximum Gasteiger partial charge on any atom is 0.255 e. The van der Waals surface area contributed by atoms with Crippen molar-refractivity contribution in [1.29, 1.82) is 0 Å². The zero-order chi connectivity index (χ0) is 19.3. The van der Waals surface area contributed by atoms with Crippen molar-refractivity contribution >= 4 is 27.7 Å². The van der Waals surface area contributed by atoms with Crippen molar-refractivity contribution < 1.29 is 4.79 Å². The molecule has 2 aliphatic carbocycles. The number of aryl methyl sites for hydroxylation is 1. The van der Waals surface area contributed by atoms with Crippen LogP contribution < -0.4 is 4.90 Å². The number of hydrogen-bond acceptors (Lipinski definition) is 4. The number of hydrogen-bond donors (Lipinski definition) is 0. The summed E-state index contributed by atoms with van der Waals surface area (Å²) in [5.41, 5.74) is 4.34. The van der Waals surface area contributed by atoms with Gasteiger partial charge in [0.25, 0.3) is 5.91 Å². The summed E-state index contributed by atoms with van der Waals surface area (Å²) in [6.07, 6.45) is 7.30. The number of amides is 1. The Morgan fingerprint density at radius 3 is 2.43 bits per heavy atom. The second-order valence-electron chi connectivity index (χ2n) is 8.28. The van der Waals surface area contributed by atoms with Gasteiger partial charge in [0, 0.05) is 32.4 Å². The van der Waals surface area contributed by atoms with Crippen molar-refractivity contribution in [2.45, 2.75) is 44.4 Å². The topological polar surface area (TPSA) is 49.3 Å². The monoisotopic (exact) mass is 440 g/mol. The number of halogens is 1. The van der Waals surface area contributed by atoms with Crippen molar-refractivity contribution in [3.8, 4) is 0 Å². The largest absolute Gasteiger partial charge is 0.353 e. The highest BCUT2D eigenvalue weighted by molar-refractivity contribution is 9.10. The van der Waals surface area contributed by atoms with E-state index in [-0.39, 0.29) is 5.91 Å². The molecule has 1 aliphatic heterocycles. The van der Waals surface area contributed by atoms with Crippen LogP contribution in [0.25, 0.3) is 0 Å². The van der Waals surface area contributed by atoms with Gasteiger partial charge in [-0.1, -0.05) is 6.07 Å². The second kappa shape index (κ2) is 7.14. The van der Waals surface area contributed by atoms with E-state index in [1.165, 1.54) is 36.8 Å². The molecule has 146 valence electrons. The number of anilines is 1. The van der Waals surface area contributed by atoms with E-state index < -0.39 is 0 Å². The van der Waals surface area contributed by atoms with Crippen LogP contribution in [0.5, 0.6) is 0 Å². The summed E-state index contributed by atoms with van der Waals surface area (Å²) in [4.78, 5) is 26.5. The minimum absolute atomic E-state index is 0.0802. The predicted molar refractivity (Wildman–Crippen MR) is 113 cm³/mol. The molecule has 1 amide bonds. The van der Waals surface area contributed by atoms with E-state index in [2.05, 4.69) is 38.1 Å². The first-order valence-corrected chi connectivity index (χ1v) is 11.1. The molecule has 0 radical (unpaired) electrons. The Bertz CT molecular complexity index is 915. The molecular formula is C22H25BrN4O. The minimum atomic E-state index is 0.0802. The Morgan fingerprint density at radius 1 is 1.07 bits per heavy atom. The molecule has 1 saturated heterocycles. The lowest BCUT2D eigenvalue weighted by Gasteiger charge is -2.36. The van der Waals surface area contributed by atoms with Gasteiger partial charge in [0.05, 0.1) is 11.3 Å². The van der Waals surface area contributed by atoms with Crippen LogP contribution in [0, 0.1) is 6.92 Å². The van der Waals surface area contributed by atoms with Gasteiger partial charge in [0.1, 0.15) is 10.4 Å². The molecule has 2 saturated carbocycles. The number of rotatable bonds is 4. The Kier molecular flexibility index (Phi) is 4.62. The van der Waals surface area contributed by atoms with Crippen molar-refractivity contribution in [1.82, 2.24) is 14.9 Å². The molecule has 0 aromatic carbocycles. The second-order valence-corrected chi connectivity index (χ2v) is 9.09. The number of aromatic nitrogens is 2. The van der Waals surface area contributed by atoms with Gasteiger partial charge in [-0.3, -0.25) is 4.79 Å². The van der Waals surface area contributed by atoms with Crippen LogP contribution in [0.3, 0.4) is 0 Å². The average Bonchev–Trinajstić information content (AvgIpc) is 3.60. The molecule has 0 N–H and O–H groups in total. The third-order valence-electron chi connectivity index (χ3n) is 6.13. The predicted octanol–water partition coefficient (Wildman–Crippen LogP) is 4.26. The molecule has 2 aromatic heterocycles. The fraction of sp³-hybridized carbons (Fsp3) is 0.500. The Hall–Kier alpha value is -1.95. The Labute approximate surface area is 174 Å². The standard InChI is InChI=1S/C22H25BrN4O/c1-14-18(6-7-20(23)25-14)22(28)27-10-8-26(9-11-27)21-19(16-4-5-16)12-17(13-24-21)15-2-3-15/h6-7,12-13,15-16H,2-5,8-11H2,1H3. The molecular weight excluding hydrogens is 416 g/mol. The maximum atomic E-state index is 12.9. The van der Waals surface area contributed by atoms with Gasteiger partial charge in [0.15, 0.2) is 0 Å². The van der Waals surface area contributed by atoms with Gasteiger partial charge >= 0.3 is 0 Å². The van der Waals surface area contributed by atoms with Gasteiger partial charge in [-0.25, -0.2) is 9.97 Å². The molecule has 0 spiro atoms. The smallest absolute Gasteiger partial charge is 0.255 e. The Balaban J connectivity index is 1.30. The molecule has 28 heavy (non-hydrogen) atoms. The fourth-order valence-corrected chi connectivity index (χ4v) is 4.54. The SMILES string of the molecule is Cc1nc(Br)ccc1C(=O)N1CCN(c2ncc(C3CC3)cc2C2CC2)CC1. The van der Waals surface area contributed by atoms with Crippen LogP contribution >= 0.6 is 15.9 Å².